The molecule has 0 aliphatic heterocycles. The molecule has 0 aliphatic carbocycles. The smallest absolute Gasteiger partial charge is 0.319 e. The Hall–Kier alpha value is -1.22. The summed E-state index contributed by atoms with van der Waals surface area (Å²) in [4.78, 5) is 11.8. The number of halogens is 1. The quantitative estimate of drug-likeness (QED) is 0.274. The number of benzene rings is 1. The normalized spacial score (nSPS) is 10.7. The fourth-order valence-corrected chi connectivity index (χ4v) is 3.43. The van der Waals surface area contributed by atoms with Gasteiger partial charge in [-0.15, -0.1) is 0 Å². The average Bonchev–Trinajstić information content (AvgIpc) is 2.66. The number of anilines is 1. The molecular weight excluding hydrogens is 356 g/mol. The number of hydrogen-bond donors (Lipinski definition) is 2. The minimum Gasteiger partial charge on any atom is -0.338 e. The van der Waals surface area contributed by atoms with Crippen LogP contribution in [0.25, 0.3) is 0 Å². The van der Waals surface area contributed by atoms with Gasteiger partial charge in [0.05, 0.1) is 10.7 Å². The fourth-order valence-electron chi connectivity index (χ4n) is 3.25. The molecule has 0 saturated carbocycles. The van der Waals surface area contributed by atoms with Gasteiger partial charge in [0, 0.05) is 6.54 Å². The largest absolute Gasteiger partial charge is 0.338 e. The lowest BCUT2D eigenvalue weighted by Crippen LogP contribution is -2.29. The molecule has 1 aromatic rings. The number of carbonyl (C=O) groups is 1. The summed E-state index contributed by atoms with van der Waals surface area (Å²) in [6.07, 6.45) is 18.8. The second kappa shape index (κ2) is 16.9. The predicted octanol–water partition coefficient (Wildman–Crippen LogP) is 7.94. The highest BCUT2D eigenvalue weighted by molar-refractivity contribution is 6.33. The Morgan fingerprint density at radius 3 is 1.78 bits per heavy atom. The lowest BCUT2D eigenvalue weighted by atomic mass is 10.0. The van der Waals surface area contributed by atoms with E-state index in [1.54, 1.807) is 12.1 Å². The molecule has 27 heavy (non-hydrogen) atoms. The SMILES string of the molecule is CCCCCCCCCCCCCCCCNC(=O)Nc1ccccc1Cl. The maximum Gasteiger partial charge on any atom is 0.319 e. The van der Waals surface area contributed by atoms with Gasteiger partial charge in [-0.3, -0.25) is 0 Å². The van der Waals surface area contributed by atoms with Crippen molar-refractivity contribution in [2.24, 2.45) is 0 Å². The Morgan fingerprint density at radius 2 is 1.26 bits per heavy atom. The number of carbonyl (C=O) groups excluding carboxylic acids is 1. The molecule has 1 aromatic carbocycles. The van der Waals surface area contributed by atoms with Gasteiger partial charge in [0.2, 0.25) is 0 Å². The van der Waals surface area contributed by atoms with Gasteiger partial charge in [0.25, 0.3) is 0 Å². The molecule has 0 aromatic heterocycles. The number of hydrogen-bond acceptors (Lipinski definition) is 1. The summed E-state index contributed by atoms with van der Waals surface area (Å²) in [5, 5.41) is 6.23. The maximum atomic E-state index is 11.8. The van der Waals surface area contributed by atoms with Crippen molar-refractivity contribution < 1.29 is 4.79 Å². The summed E-state index contributed by atoms with van der Waals surface area (Å²) in [6, 6.07) is 7.09. The van der Waals surface area contributed by atoms with Gasteiger partial charge < -0.3 is 10.6 Å². The van der Waals surface area contributed by atoms with Crippen LogP contribution in [0.15, 0.2) is 24.3 Å². The van der Waals surface area contributed by atoms with Crippen molar-refractivity contribution in [2.75, 3.05) is 11.9 Å². The minimum absolute atomic E-state index is 0.183. The minimum atomic E-state index is -0.183. The van der Waals surface area contributed by atoms with Gasteiger partial charge in [0.1, 0.15) is 0 Å². The van der Waals surface area contributed by atoms with Gasteiger partial charge in [-0.2, -0.15) is 0 Å². The van der Waals surface area contributed by atoms with Crippen molar-refractivity contribution in [3.8, 4) is 0 Å². The number of rotatable bonds is 16. The monoisotopic (exact) mass is 394 g/mol. The van der Waals surface area contributed by atoms with Crippen LogP contribution in [-0.4, -0.2) is 12.6 Å². The predicted molar refractivity (Wildman–Crippen MR) is 119 cm³/mol. The molecule has 3 nitrogen and oxygen atoms in total. The van der Waals surface area contributed by atoms with E-state index in [0.717, 1.165) is 6.42 Å². The first-order valence-electron chi connectivity index (χ1n) is 11.0. The van der Waals surface area contributed by atoms with E-state index in [-0.39, 0.29) is 6.03 Å². The Labute approximate surface area is 171 Å². The molecule has 1 rings (SSSR count). The third-order valence-corrected chi connectivity index (χ3v) is 5.27. The summed E-state index contributed by atoms with van der Waals surface area (Å²) >= 11 is 6.02. The van der Waals surface area contributed by atoms with Crippen molar-refractivity contribution in [2.45, 2.75) is 96.8 Å². The zero-order valence-corrected chi connectivity index (χ0v) is 18.0. The summed E-state index contributed by atoms with van der Waals surface area (Å²) in [5.74, 6) is 0. The zero-order valence-electron chi connectivity index (χ0n) is 17.2. The van der Waals surface area contributed by atoms with Gasteiger partial charge in [-0.05, 0) is 18.6 Å². The lowest BCUT2D eigenvalue weighted by Gasteiger charge is -2.08. The Balaban J connectivity index is 1.82. The van der Waals surface area contributed by atoms with Crippen LogP contribution in [0.2, 0.25) is 5.02 Å². The third kappa shape index (κ3) is 13.6. The third-order valence-electron chi connectivity index (χ3n) is 4.94. The number of amides is 2. The van der Waals surface area contributed by atoms with E-state index in [1.807, 2.05) is 12.1 Å². The van der Waals surface area contributed by atoms with E-state index in [0.29, 0.717) is 17.3 Å². The zero-order chi connectivity index (χ0) is 19.6. The van der Waals surface area contributed by atoms with Crippen molar-refractivity contribution >= 4 is 23.3 Å². The Morgan fingerprint density at radius 1 is 0.778 bits per heavy atom. The number of urea groups is 1. The molecule has 0 aliphatic rings. The van der Waals surface area contributed by atoms with Crippen molar-refractivity contribution in [3.63, 3.8) is 0 Å². The molecule has 0 fully saturated rings. The first-order valence-corrected chi connectivity index (χ1v) is 11.4. The molecule has 154 valence electrons. The molecule has 2 N–H and O–H groups in total. The van der Waals surface area contributed by atoms with Crippen LogP contribution >= 0.6 is 11.6 Å². The summed E-state index contributed by atoms with van der Waals surface area (Å²) in [7, 11) is 0. The van der Waals surface area contributed by atoms with Crippen molar-refractivity contribution in [1.82, 2.24) is 5.32 Å². The van der Waals surface area contributed by atoms with E-state index in [1.165, 1.54) is 83.5 Å². The van der Waals surface area contributed by atoms with E-state index in [4.69, 9.17) is 11.6 Å². The lowest BCUT2D eigenvalue weighted by molar-refractivity contribution is 0.252. The molecule has 4 heteroatoms. The molecule has 0 atom stereocenters. The van der Waals surface area contributed by atoms with E-state index in [2.05, 4.69) is 17.6 Å². The van der Waals surface area contributed by atoms with E-state index < -0.39 is 0 Å². The molecule has 2 amide bonds. The molecule has 0 bridgehead atoms. The van der Waals surface area contributed by atoms with Crippen LogP contribution < -0.4 is 10.6 Å². The number of para-hydroxylation sites is 1. The van der Waals surface area contributed by atoms with Gasteiger partial charge >= 0.3 is 6.03 Å². The highest BCUT2D eigenvalue weighted by atomic mass is 35.5. The number of unbranched alkanes of at least 4 members (excludes halogenated alkanes) is 13. The Kier molecular flexibility index (Phi) is 14.9. The van der Waals surface area contributed by atoms with Crippen LogP contribution in [0.5, 0.6) is 0 Å². The maximum absolute atomic E-state index is 11.8. The first kappa shape index (κ1) is 23.8. The molecule has 0 radical (unpaired) electrons. The van der Waals surface area contributed by atoms with E-state index in [9.17, 15) is 4.79 Å². The van der Waals surface area contributed by atoms with Crippen LogP contribution in [0.4, 0.5) is 10.5 Å². The molecule has 0 heterocycles. The van der Waals surface area contributed by atoms with Gasteiger partial charge in [0.15, 0.2) is 0 Å². The highest BCUT2D eigenvalue weighted by Gasteiger charge is 2.03. The van der Waals surface area contributed by atoms with Crippen LogP contribution in [0.3, 0.4) is 0 Å². The molecule has 0 spiro atoms. The van der Waals surface area contributed by atoms with Gasteiger partial charge in [-0.1, -0.05) is 114 Å². The Bertz CT molecular complexity index is 493. The van der Waals surface area contributed by atoms with Crippen LogP contribution in [0, 0.1) is 0 Å². The van der Waals surface area contributed by atoms with Crippen molar-refractivity contribution in [1.29, 1.82) is 0 Å². The summed E-state index contributed by atoms with van der Waals surface area (Å²) in [6.45, 7) is 2.99. The van der Waals surface area contributed by atoms with Crippen LogP contribution in [0.1, 0.15) is 96.8 Å². The van der Waals surface area contributed by atoms with Crippen molar-refractivity contribution in [3.05, 3.63) is 29.3 Å². The summed E-state index contributed by atoms with van der Waals surface area (Å²) < 4.78 is 0. The first-order chi connectivity index (χ1) is 13.2. The number of nitrogens with one attached hydrogen (secondary N) is 2. The topological polar surface area (TPSA) is 41.1 Å². The van der Waals surface area contributed by atoms with E-state index >= 15 is 0 Å². The second-order valence-corrected chi connectivity index (χ2v) is 7.86. The molecular formula is C23H39ClN2O. The fraction of sp³-hybridized carbons (Fsp3) is 0.696. The van der Waals surface area contributed by atoms with Gasteiger partial charge in [-0.25, -0.2) is 4.79 Å². The van der Waals surface area contributed by atoms with Crippen LogP contribution in [-0.2, 0) is 0 Å². The average molecular weight is 395 g/mol. The second-order valence-electron chi connectivity index (χ2n) is 7.46. The standard InChI is InChI=1S/C23H39ClN2O/c1-2-3-4-5-6-7-8-9-10-11-12-13-14-17-20-25-23(27)26-22-19-16-15-18-21(22)24/h15-16,18-19H,2-14,17,20H2,1H3,(H2,25,26,27). The summed E-state index contributed by atoms with van der Waals surface area (Å²) in [5.41, 5.74) is 0.651. The highest BCUT2D eigenvalue weighted by Crippen LogP contribution is 2.20. The molecule has 0 saturated heterocycles. The molecule has 0 unspecified atom stereocenters.